The Morgan fingerprint density at radius 1 is 0.861 bits per heavy atom. The predicted molar refractivity (Wildman–Crippen MR) is 142 cm³/mol. The van der Waals surface area contributed by atoms with Crippen molar-refractivity contribution >= 4 is 63.8 Å². The highest BCUT2D eigenvalue weighted by molar-refractivity contribution is 8.18. The Morgan fingerprint density at radius 3 is 2.11 bits per heavy atom. The van der Waals surface area contributed by atoms with Crippen molar-refractivity contribution < 1.29 is 23.9 Å². The number of thioether (sulfide) groups is 1. The second-order valence-electron chi connectivity index (χ2n) is 7.55. The second kappa shape index (κ2) is 12.0. The van der Waals surface area contributed by atoms with E-state index in [1.54, 1.807) is 78.9 Å². The summed E-state index contributed by atoms with van der Waals surface area (Å²) < 4.78 is 11.1. The fraction of sp³-hybridized carbons (Fsp3) is 0.115. The summed E-state index contributed by atoms with van der Waals surface area (Å²) >= 11 is 12.6. The van der Waals surface area contributed by atoms with Gasteiger partial charge in [-0.2, -0.15) is 0 Å². The minimum atomic E-state index is -0.371. The highest BCUT2D eigenvalue weighted by Crippen LogP contribution is 2.32. The molecule has 0 saturated carbocycles. The van der Waals surface area contributed by atoms with Gasteiger partial charge < -0.3 is 14.8 Å². The summed E-state index contributed by atoms with van der Waals surface area (Å²) in [7, 11) is 0. The smallest absolute Gasteiger partial charge is 0.293 e. The topological polar surface area (TPSA) is 84.9 Å². The number of carbonyl (C=O) groups is 3. The SMILES string of the molecule is O=C(COc1ccc(/C=C2\SC(=O)N(CCOc3ccc(Cl)cc3)C2=O)cc1)Nc1ccc(Cl)cc1. The van der Waals surface area contributed by atoms with Gasteiger partial charge in [0.15, 0.2) is 6.61 Å². The number of imide groups is 1. The molecule has 0 spiro atoms. The van der Waals surface area contributed by atoms with Gasteiger partial charge in [0.2, 0.25) is 0 Å². The minimum absolute atomic E-state index is 0.134. The molecule has 0 aliphatic carbocycles. The Morgan fingerprint density at radius 2 is 1.44 bits per heavy atom. The van der Waals surface area contributed by atoms with Crippen LogP contribution in [0.15, 0.2) is 77.7 Å². The van der Waals surface area contributed by atoms with E-state index in [-0.39, 0.29) is 36.8 Å². The van der Waals surface area contributed by atoms with Crippen molar-refractivity contribution in [2.75, 3.05) is 25.1 Å². The Labute approximate surface area is 222 Å². The van der Waals surface area contributed by atoms with Gasteiger partial charge in [0.1, 0.15) is 18.1 Å². The molecule has 184 valence electrons. The molecule has 4 rings (SSSR count). The Hall–Kier alpha value is -3.46. The molecule has 7 nitrogen and oxygen atoms in total. The number of ether oxygens (including phenoxy) is 2. The molecular formula is C26H20Cl2N2O5S. The third-order valence-corrected chi connectivity index (χ3v) is 6.36. The third kappa shape index (κ3) is 7.04. The average molecular weight is 543 g/mol. The number of hydrogen-bond donors (Lipinski definition) is 1. The molecule has 0 atom stereocenters. The lowest BCUT2D eigenvalue weighted by atomic mass is 10.2. The summed E-state index contributed by atoms with van der Waals surface area (Å²) in [6.45, 7) is 0.138. The number of hydrogen-bond acceptors (Lipinski definition) is 6. The first kappa shape index (κ1) is 25.6. The van der Waals surface area contributed by atoms with Crippen LogP contribution in [0.1, 0.15) is 5.56 Å². The Kier molecular flexibility index (Phi) is 8.53. The zero-order valence-corrected chi connectivity index (χ0v) is 21.1. The maximum Gasteiger partial charge on any atom is 0.293 e. The number of benzene rings is 3. The van der Waals surface area contributed by atoms with Crippen molar-refractivity contribution in [2.45, 2.75) is 0 Å². The molecule has 0 aromatic heterocycles. The van der Waals surface area contributed by atoms with Gasteiger partial charge in [0.25, 0.3) is 17.1 Å². The summed E-state index contributed by atoms with van der Waals surface area (Å²) in [4.78, 5) is 38.5. The van der Waals surface area contributed by atoms with Gasteiger partial charge in [-0.1, -0.05) is 35.3 Å². The number of nitrogens with zero attached hydrogens (tertiary/aromatic N) is 1. The molecular weight excluding hydrogens is 523 g/mol. The lowest BCUT2D eigenvalue weighted by Gasteiger charge is -2.13. The van der Waals surface area contributed by atoms with Crippen LogP contribution in [-0.2, 0) is 9.59 Å². The molecule has 1 aliphatic rings. The lowest BCUT2D eigenvalue weighted by molar-refractivity contribution is -0.123. The molecule has 1 N–H and O–H groups in total. The van der Waals surface area contributed by atoms with Crippen molar-refractivity contribution in [3.63, 3.8) is 0 Å². The lowest BCUT2D eigenvalue weighted by Crippen LogP contribution is -2.32. The quantitative estimate of drug-likeness (QED) is 0.327. The molecule has 10 heteroatoms. The van der Waals surface area contributed by atoms with Gasteiger partial charge in [0.05, 0.1) is 11.4 Å². The number of carbonyl (C=O) groups excluding carboxylic acids is 3. The Balaban J connectivity index is 1.27. The normalized spacial score (nSPS) is 14.3. The summed E-state index contributed by atoms with van der Waals surface area (Å²) in [6.07, 6.45) is 1.64. The van der Waals surface area contributed by atoms with Gasteiger partial charge in [-0.15, -0.1) is 0 Å². The highest BCUT2D eigenvalue weighted by Gasteiger charge is 2.34. The maximum atomic E-state index is 12.7. The minimum Gasteiger partial charge on any atom is -0.492 e. The van der Waals surface area contributed by atoms with Crippen LogP contribution in [0.3, 0.4) is 0 Å². The molecule has 0 radical (unpaired) electrons. The Bertz CT molecular complexity index is 1280. The van der Waals surface area contributed by atoms with E-state index >= 15 is 0 Å². The molecule has 0 bridgehead atoms. The van der Waals surface area contributed by atoms with E-state index in [0.29, 0.717) is 32.1 Å². The van der Waals surface area contributed by atoms with Crippen molar-refractivity contribution in [1.82, 2.24) is 4.90 Å². The molecule has 1 heterocycles. The van der Waals surface area contributed by atoms with E-state index in [9.17, 15) is 14.4 Å². The standard InChI is InChI=1S/C26H20Cl2N2O5S/c27-18-3-7-20(8-4-18)29-24(31)16-35-22-9-1-17(2-10-22)15-23-25(32)30(26(33)36-23)13-14-34-21-11-5-19(28)6-12-21/h1-12,15H,13-14,16H2,(H,29,31)/b23-15-. The van der Waals surface area contributed by atoms with Crippen LogP contribution in [-0.4, -0.2) is 41.7 Å². The molecule has 3 amide bonds. The maximum absolute atomic E-state index is 12.7. The zero-order valence-electron chi connectivity index (χ0n) is 18.8. The van der Waals surface area contributed by atoms with Crippen LogP contribution < -0.4 is 14.8 Å². The van der Waals surface area contributed by atoms with Gasteiger partial charge >= 0.3 is 0 Å². The number of nitrogens with one attached hydrogen (secondary N) is 1. The molecule has 3 aromatic carbocycles. The van der Waals surface area contributed by atoms with Crippen LogP contribution in [0.25, 0.3) is 6.08 Å². The van der Waals surface area contributed by atoms with Crippen molar-refractivity contribution in [1.29, 1.82) is 0 Å². The van der Waals surface area contributed by atoms with Crippen LogP contribution >= 0.6 is 35.0 Å². The molecule has 0 unspecified atom stereocenters. The largest absolute Gasteiger partial charge is 0.492 e. The number of amides is 3. The van der Waals surface area contributed by atoms with E-state index in [1.165, 1.54) is 0 Å². The van der Waals surface area contributed by atoms with Gasteiger partial charge in [-0.25, -0.2) is 0 Å². The summed E-state index contributed by atoms with van der Waals surface area (Å²) in [5, 5.41) is 3.54. The number of anilines is 1. The first-order valence-corrected chi connectivity index (χ1v) is 12.4. The predicted octanol–water partition coefficient (Wildman–Crippen LogP) is 6.13. The molecule has 1 fully saturated rings. The first-order valence-electron chi connectivity index (χ1n) is 10.8. The van der Waals surface area contributed by atoms with E-state index in [4.69, 9.17) is 32.7 Å². The van der Waals surface area contributed by atoms with Crippen LogP contribution in [0, 0.1) is 0 Å². The van der Waals surface area contributed by atoms with Crippen LogP contribution in [0.5, 0.6) is 11.5 Å². The molecule has 36 heavy (non-hydrogen) atoms. The highest BCUT2D eigenvalue weighted by atomic mass is 35.5. The van der Waals surface area contributed by atoms with Crippen molar-refractivity contribution in [3.8, 4) is 11.5 Å². The zero-order chi connectivity index (χ0) is 25.5. The van der Waals surface area contributed by atoms with E-state index in [0.717, 1.165) is 22.2 Å². The fourth-order valence-corrected chi connectivity index (χ4v) is 4.29. The van der Waals surface area contributed by atoms with Crippen LogP contribution in [0.2, 0.25) is 10.0 Å². The summed E-state index contributed by atoms with van der Waals surface area (Å²) in [5.74, 6) is 0.413. The molecule has 1 aliphatic heterocycles. The van der Waals surface area contributed by atoms with E-state index in [2.05, 4.69) is 5.32 Å². The average Bonchev–Trinajstić information content (AvgIpc) is 3.13. The monoisotopic (exact) mass is 542 g/mol. The summed E-state index contributed by atoms with van der Waals surface area (Å²) in [6, 6.07) is 20.4. The first-order chi connectivity index (χ1) is 17.4. The van der Waals surface area contributed by atoms with Gasteiger partial charge in [-0.3, -0.25) is 19.3 Å². The molecule has 1 saturated heterocycles. The fourth-order valence-electron chi connectivity index (χ4n) is 3.17. The number of rotatable bonds is 9. The number of halogens is 2. The second-order valence-corrected chi connectivity index (χ2v) is 9.41. The molecule has 3 aromatic rings. The summed E-state index contributed by atoms with van der Waals surface area (Å²) in [5.41, 5.74) is 1.34. The van der Waals surface area contributed by atoms with Gasteiger partial charge in [0, 0.05) is 15.7 Å². The van der Waals surface area contributed by atoms with E-state index in [1.807, 2.05) is 0 Å². The van der Waals surface area contributed by atoms with Gasteiger partial charge in [-0.05, 0) is 84.1 Å². The van der Waals surface area contributed by atoms with Crippen molar-refractivity contribution in [2.24, 2.45) is 0 Å². The van der Waals surface area contributed by atoms with Crippen LogP contribution in [0.4, 0.5) is 10.5 Å². The van der Waals surface area contributed by atoms with E-state index < -0.39 is 0 Å². The van der Waals surface area contributed by atoms with Crippen molar-refractivity contribution in [3.05, 3.63) is 93.3 Å². The third-order valence-electron chi connectivity index (χ3n) is 4.95.